The van der Waals surface area contributed by atoms with Crippen LogP contribution in [0.25, 0.3) is 0 Å². The van der Waals surface area contributed by atoms with Gasteiger partial charge in [0.05, 0.1) is 4.90 Å². The molecule has 0 radical (unpaired) electrons. The van der Waals surface area contributed by atoms with E-state index in [0.717, 1.165) is 32.1 Å². The van der Waals surface area contributed by atoms with E-state index in [1.807, 2.05) is 12.1 Å². The molecule has 1 heterocycles. The Morgan fingerprint density at radius 2 is 1.79 bits per heavy atom. The maximum atomic E-state index is 13.0. The molecule has 1 aromatic rings. The van der Waals surface area contributed by atoms with Crippen molar-refractivity contribution < 1.29 is 13.2 Å². The van der Waals surface area contributed by atoms with Gasteiger partial charge in [0.25, 0.3) is 0 Å². The SMILES string of the molecule is Cl.NCCCCNC(=O)C1CCN(S(=O)(=O)c2ccc3c(c2)CCCC3)CC1. The Morgan fingerprint density at radius 3 is 2.46 bits per heavy atom. The lowest BCUT2D eigenvalue weighted by atomic mass is 9.92. The van der Waals surface area contributed by atoms with E-state index in [1.54, 1.807) is 6.07 Å². The zero-order chi connectivity index (χ0) is 19.3. The van der Waals surface area contributed by atoms with E-state index in [9.17, 15) is 13.2 Å². The lowest BCUT2D eigenvalue weighted by Gasteiger charge is -2.31. The van der Waals surface area contributed by atoms with Crippen LogP contribution in [-0.2, 0) is 27.7 Å². The molecule has 8 heteroatoms. The van der Waals surface area contributed by atoms with Crippen LogP contribution in [0.3, 0.4) is 0 Å². The van der Waals surface area contributed by atoms with E-state index >= 15 is 0 Å². The third kappa shape index (κ3) is 5.47. The van der Waals surface area contributed by atoms with E-state index in [0.29, 0.717) is 43.9 Å². The van der Waals surface area contributed by atoms with Crippen molar-refractivity contribution in [2.24, 2.45) is 11.7 Å². The molecule has 1 amide bonds. The number of carbonyl (C=O) groups excluding carboxylic acids is 1. The Morgan fingerprint density at radius 1 is 1.11 bits per heavy atom. The van der Waals surface area contributed by atoms with Crippen LogP contribution in [-0.4, -0.2) is 44.8 Å². The summed E-state index contributed by atoms with van der Waals surface area (Å²) in [5.74, 6) is -0.0595. The second-order valence-corrected chi connectivity index (χ2v) is 9.54. The number of benzene rings is 1. The van der Waals surface area contributed by atoms with Gasteiger partial charge in [-0.1, -0.05) is 6.07 Å². The molecular weight excluding hydrogens is 398 g/mol. The summed E-state index contributed by atoms with van der Waals surface area (Å²) in [6, 6.07) is 5.58. The topological polar surface area (TPSA) is 92.5 Å². The number of hydrogen-bond donors (Lipinski definition) is 2. The van der Waals surface area contributed by atoms with Gasteiger partial charge in [-0.15, -0.1) is 12.4 Å². The molecular formula is C20H32ClN3O3S. The molecule has 1 saturated heterocycles. The van der Waals surface area contributed by atoms with Gasteiger partial charge in [-0.3, -0.25) is 4.79 Å². The maximum Gasteiger partial charge on any atom is 0.243 e. The van der Waals surface area contributed by atoms with Gasteiger partial charge >= 0.3 is 0 Å². The summed E-state index contributed by atoms with van der Waals surface area (Å²) in [6.45, 7) is 2.08. The first-order chi connectivity index (χ1) is 13.0. The molecule has 3 rings (SSSR count). The van der Waals surface area contributed by atoms with Crippen molar-refractivity contribution in [2.75, 3.05) is 26.2 Å². The molecule has 158 valence electrons. The van der Waals surface area contributed by atoms with Crippen molar-refractivity contribution >= 4 is 28.3 Å². The van der Waals surface area contributed by atoms with E-state index < -0.39 is 10.0 Å². The third-order valence-corrected chi connectivity index (χ3v) is 7.61. The highest BCUT2D eigenvalue weighted by molar-refractivity contribution is 7.89. The van der Waals surface area contributed by atoms with Crippen molar-refractivity contribution in [3.05, 3.63) is 29.3 Å². The van der Waals surface area contributed by atoms with Crippen LogP contribution in [0.5, 0.6) is 0 Å². The Labute approximate surface area is 174 Å². The second kappa shape index (κ2) is 10.6. The highest BCUT2D eigenvalue weighted by atomic mass is 35.5. The fraction of sp³-hybridized carbons (Fsp3) is 0.650. The molecule has 0 atom stereocenters. The van der Waals surface area contributed by atoms with Crippen LogP contribution >= 0.6 is 12.4 Å². The Kier molecular flexibility index (Phi) is 8.74. The molecule has 0 unspecified atom stereocenters. The zero-order valence-corrected chi connectivity index (χ0v) is 18.0. The molecule has 1 fully saturated rings. The summed E-state index contributed by atoms with van der Waals surface area (Å²) < 4.78 is 27.6. The number of piperidine rings is 1. The van der Waals surface area contributed by atoms with Crippen LogP contribution in [0.1, 0.15) is 49.7 Å². The largest absolute Gasteiger partial charge is 0.356 e. The smallest absolute Gasteiger partial charge is 0.243 e. The number of sulfonamides is 1. The van der Waals surface area contributed by atoms with Crippen LogP contribution < -0.4 is 11.1 Å². The third-order valence-electron chi connectivity index (χ3n) is 5.71. The monoisotopic (exact) mass is 429 g/mol. The van der Waals surface area contributed by atoms with Gasteiger partial charge in [-0.05, 0) is 81.2 Å². The molecule has 0 saturated carbocycles. The zero-order valence-electron chi connectivity index (χ0n) is 16.4. The highest BCUT2D eigenvalue weighted by Gasteiger charge is 2.32. The summed E-state index contributed by atoms with van der Waals surface area (Å²) in [7, 11) is -3.48. The van der Waals surface area contributed by atoms with Crippen molar-refractivity contribution in [1.82, 2.24) is 9.62 Å². The average molecular weight is 430 g/mol. The number of unbranched alkanes of at least 4 members (excludes halogenated alkanes) is 1. The number of hydrogen-bond acceptors (Lipinski definition) is 4. The lowest BCUT2D eigenvalue weighted by Crippen LogP contribution is -2.43. The van der Waals surface area contributed by atoms with Gasteiger partial charge < -0.3 is 11.1 Å². The highest BCUT2D eigenvalue weighted by Crippen LogP contribution is 2.28. The molecule has 3 N–H and O–H groups in total. The summed E-state index contributed by atoms with van der Waals surface area (Å²) >= 11 is 0. The molecule has 1 aliphatic heterocycles. The molecule has 0 aromatic heterocycles. The van der Waals surface area contributed by atoms with Gasteiger partial charge in [0.1, 0.15) is 0 Å². The standard InChI is InChI=1S/C20H31N3O3S.ClH/c21-11-3-4-12-22-20(24)17-9-13-23(14-10-17)27(25,26)19-8-7-16-5-1-2-6-18(16)15-19;/h7-8,15,17H,1-6,9-14,21H2,(H,22,24);1H. The van der Waals surface area contributed by atoms with Crippen LogP contribution in [0.15, 0.2) is 23.1 Å². The lowest BCUT2D eigenvalue weighted by molar-refractivity contribution is -0.126. The second-order valence-electron chi connectivity index (χ2n) is 7.60. The Bertz CT molecular complexity index is 762. The maximum absolute atomic E-state index is 13.0. The Balaban J connectivity index is 0.00000280. The molecule has 0 spiro atoms. The molecule has 28 heavy (non-hydrogen) atoms. The van der Waals surface area contributed by atoms with Crippen molar-refractivity contribution in [3.8, 4) is 0 Å². The quantitative estimate of drug-likeness (QED) is 0.650. The summed E-state index contributed by atoms with van der Waals surface area (Å²) in [5, 5.41) is 2.94. The number of nitrogens with one attached hydrogen (secondary N) is 1. The molecule has 6 nitrogen and oxygen atoms in total. The normalized spacial score (nSPS) is 18.2. The summed E-state index contributed by atoms with van der Waals surface area (Å²) in [4.78, 5) is 12.6. The number of nitrogens with two attached hydrogens (primary N) is 1. The van der Waals surface area contributed by atoms with Gasteiger partial charge in [0.15, 0.2) is 0 Å². The van der Waals surface area contributed by atoms with Crippen molar-refractivity contribution in [2.45, 2.75) is 56.3 Å². The van der Waals surface area contributed by atoms with E-state index in [1.165, 1.54) is 21.9 Å². The predicted molar refractivity (Wildman–Crippen MR) is 113 cm³/mol. The minimum absolute atomic E-state index is 0. The summed E-state index contributed by atoms with van der Waals surface area (Å²) in [6.07, 6.45) is 7.25. The van der Waals surface area contributed by atoms with Crippen LogP contribution in [0, 0.1) is 5.92 Å². The molecule has 0 bridgehead atoms. The first-order valence-corrected chi connectivity index (χ1v) is 11.6. The minimum Gasteiger partial charge on any atom is -0.356 e. The predicted octanol–water partition coefficient (Wildman–Crippen LogP) is 2.24. The number of halogens is 1. The van der Waals surface area contributed by atoms with Crippen LogP contribution in [0.2, 0.25) is 0 Å². The fourth-order valence-corrected chi connectivity index (χ4v) is 5.52. The summed E-state index contributed by atoms with van der Waals surface area (Å²) in [5.41, 5.74) is 7.91. The molecule has 1 aromatic carbocycles. The van der Waals surface area contributed by atoms with E-state index in [4.69, 9.17) is 5.73 Å². The van der Waals surface area contributed by atoms with Crippen LogP contribution in [0.4, 0.5) is 0 Å². The van der Waals surface area contributed by atoms with Gasteiger partial charge in [-0.2, -0.15) is 4.31 Å². The number of carbonyl (C=O) groups is 1. The fourth-order valence-electron chi connectivity index (χ4n) is 4.00. The van der Waals surface area contributed by atoms with Crippen molar-refractivity contribution in [1.29, 1.82) is 0 Å². The first-order valence-electron chi connectivity index (χ1n) is 10.1. The number of aryl methyl sites for hydroxylation is 2. The van der Waals surface area contributed by atoms with Gasteiger partial charge in [0, 0.05) is 25.6 Å². The van der Waals surface area contributed by atoms with E-state index in [2.05, 4.69) is 5.32 Å². The number of amides is 1. The van der Waals surface area contributed by atoms with Gasteiger partial charge in [-0.25, -0.2) is 8.42 Å². The van der Waals surface area contributed by atoms with Crippen molar-refractivity contribution in [3.63, 3.8) is 0 Å². The average Bonchev–Trinajstić information content (AvgIpc) is 2.70. The number of fused-ring (bicyclic) bond motifs is 1. The molecule has 2 aliphatic rings. The van der Waals surface area contributed by atoms with Gasteiger partial charge in [0.2, 0.25) is 15.9 Å². The number of nitrogens with zero attached hydrogens (tertiary/aromatic N) is 1. The first kappa shape index (κ1) is 23.1. The van der Waals surface area contributed by atoms with E-state index in [-0.39, 0.29) is 24.2 Å². The number of rotatable bonds is 7. The Hall–Kier alpha value is -1.15. The minimum atomic E-state index is -3.48. The molecule has 1 aliphatic carbocycles.